The van der Waals surface area contributed by atoms with Crippen molar-refractivity contribution in [1.82, 2.24) is 10.6 Å². The molecule has 3 aromatic rings. The van der Waals surface area contributed by atoms with Gasteiger partial charge in [-0.15, -0.1) is 6.58 Å². The Morgan fingerprint density at radius 2 is 1.66 bits per heavy atom. The molecule has 0 saturated heterocycles. The Morgan fingerprint density at radius 3 is 2.46 bits per heavy atom. The molecule has 0 spiro atoms. The number of rotatable bonds is 13. The molecule has 0 aromatic heterocycles. The molecule has 4 rings (SSSR count). The standard InChI is InChI=1S/C31H36N2O2/c1-2-3-4-5-6-7-15-30(34)33-29(31(35)32-28-18-19-28)21-23-11-10-14-25(20-23)27-17-16-24-12-8-9-13-26(24)22-27/h2,8-14,16-17,20,22,28-29H,1,3-7,15,18-19,21H2,(H,32,35)(H,33,34). The molecule has 1 atom stereocenters. The Balaban J connectivity index is 1.41. The summed E-state index contributed by atoms with van der Waals surface area (Å²) in [6, 6.07) is 22.8. The highest BCUT2D eigenvalue weighted by Gasteiger charge is 2.28. The number of hydrogen-bond acceptors (Lipinski definition) is 2. The molecule has 4 heteroatoms. The molecule has 2 amide bonds. The summed E-state index contributed by atoms with van der Waals surface area (Å²) in [5.74, 6) is -0.127. The van der Waals surface area contributed by atoms with Crippen LogP contribution in [0.2, 0.25) is 0 Å². The van der Waals surface area contributed by atoms with E-state index < -0.39 is 6.04 Å². The lowest BCUT2D eigenvalue weighted by atomic mass is 9.97. The van der Waals surface area contributed by atoms with Crippen molar-refractivity contribution in [3.8, 4) is 11.1 Å². The van der Waals surface area contributed by atoms with Gasteiger partial charge >= 0.3 is 0 Å². The van der Waals surface area contributed by atoms with Crippen LogP contribution in [0.3, 0.4) is 0 Å². The summed E-state index contributed by atoms with van der Waals surface area (Å²) in [5, 5.41) is 8.51. The molecule has 1 saturated carbocycles. The minimum absolute atomic E-state index is 0.0460. The quantitative estimate of drug-likeness (QED) is 0.227. The molecule has 4 nitrogen and oxygen atoms in total. The van der Waals surface area contributed by atoms with Crippen LogP contribution in [0.4, 0.5) is 0 Å². The first-order valence-electron chi connectivity index (χ1n) is 12.9. The van der Waals surface area contributed by atoms with Gasteiger partial charge in [-0.25, -0.2) is 0 Å². The number of amides is 2. The van der Waals surface area contributed by atoms with E-state index in [1.165, 1.54) is 10.8 Å². The molecule has 3 aromatic carbocycles. The van der Waals surface area contributed by atoms with Crippen molar-refractivity contribution in [1.29, 1.82) is 0 Å². The van der Waals surface area contributed by atoms with Gasteiger partial charge in [-0.2, -0.15) is 0 Å². The molecule has 0 bridgehead atoms. The van der Waals surface area contributed by atoms with Crippen LogP contribution in [-0.4, -0.2) is 23.9 Å². The Bertz CT molecular complexity index is 1170. The van der Waals surface area contributed by atoms with Crippen LogP contribution in [0.1, 0.15) is 56.9 Å². The van der Waals surface area contributed by atoms with Gasteiger partial charge in [-0.1, -0.05) is 79.6 Å². The second kappa shape index (κ2) is 12.3. The number of carbonyl (C=O) groups excluding carboxylic acids is 2. The van der Waals surface area contributed by atoms with Gasteiger partial charge in [0.2, 0.25) is 11.8 Å². The highest BCUT2D eigenvalue weighted by molar-refractivity contribution is 5.89. The Hall–Kier alpha value is -3.40. The van der Waals surface area contributed by atoms with Crippen LogP contribution in [0, 0.1) is 0 Å². The third kappa shape index (κ3) is 7.54. The highest BCUT2D eigenvalue weighted by Crippen LogP contribution is 2.26. The topological polar surface area (TPSA) is 58.2 Å². The third-order valence-electron chi connectivity index (χ3n) is 6.59. The number of unbranched alkanes of at least 4 members (excludes halogenated alkanes) is 4. The summed E-state index contributed by atoms with van der Waals surface area (Å²) in [5.41, 5.74) is 3.29. The average Bonchev–Trinajstić information content (AvgIpc) is 3.69. The first-order chi connectivity index (χ1) is 17.1. The van der Waals surface area contributed by atoms with Crippen LogP contribution >= 0.6 is 0 Å². The van der Waals surface area contributed by atoms with Crippen LogP contribution in [0.25, 0.3) is 21.9 Å². The Kier molecular flexibility index (Phi) is 8.72. The highest BCUT2D eigenvalue weighted by atomic mass is 16.2. The lowest BCUT2D eigenvalue weighted by molar-refractivity contribution is -0.129. The van der Waals surface area contributed by atoms with Crippen LogP contribution in [0.15, 0.2) is 79.4 Å². The zero-order valence-corrected chi connectivity index (χ0v) is 20.5. The van der Waals surface area contributed by atoms with Crippen molar-refractivity contribution in [3.63, 3.8) is 0 Å². The maximum absolute atomic E-state index is 12.9. The fourth-order valence-corrected chi connectivity index (χ4v) is 4.42. The van der Waals surface area contributed by atoms with Crippen LogP contribution in [0.5, 0.6) is 0 Å². The van der Waals surface area contributed by atoms with Gasteiger partial charge in [-0.3, -0.25) is 9.59 Å². The molecule has 2 N–H and O–H groups in total. The monoisotopic (exact) mass is 468 g/mol. The van der Waals surface area contributed by atoms with Crippen molar-refractivity contribution in [2.45, 2.75) is 69.9 Å². The van der Waals surface area contributed by atoms with Gasteiger partial charge in [0.1, 0.15) is 6.04 Å². The Morgan fingerprint density at radius 1 is 0.886 bits per heavy atom. The largest absolute Gasteiger partial charge is 0.352 e. The molecule has 35 heavy (non-hydrogen) atoms. The van der Waals surface area contributed by atoms with E-state index in [4.69, 9.17) is 0 Å². The second-order valence-corrected chi connectivity index (χ2v) is 9.61. The van der Waals surface area contributed by atoms with Gasteiger partial charge < -0.3 is 10.6 Å². The molecule has 1 fully saturated rings. The Labute approximate surface area is 208 Å². The summed E-state index contributed by atoms with van der Waals surface area (Å²) < 4.78 is 0. The summed E-state index contributed by atoms with van der Waals surface area (Å²) in [7, 11) is 0. The molecule has 1 unspecified atom stereocenters. The van der Waals surface area contributed by atoms with Crippen LogP contribution < -0.4 is 10.6 Å². The smallest absolute Gasteiger partial charge is 0.243 e. The number of allylic oxidation sites excluding steroid dienone is 1. The number of nitrogens with one attached hydrogen (secondary N) is 2. The number of fused-ring (bicyclic) bond motifs is 1. The first kappa shape index (κ1) is 24.7. The lowest BCUT2D eigenvalue weighted by Crippen LogP contribution is -2.48. The molecule has 1 aliphatic carbocycles. The van der Waals surface area contributed by atoms with Crippen molar-refractivity contribution in [3.05, 3.63) is 84.9 Å². The van der Waals surface area contributed by atoms with Gasteiger partial charge in [-0.05, 0) is 65.6 Å². The summed E-state index contributed by atoms with van der Waals surface area (Å²) in [6.45, 7) is 3.75. The number of benzene rings is 3. The zero-order chi connectivity index (χ0) is 24.5. The second-order valence-electron chi connectivity index (χ2n) is 9.61. The predicted molar refractivity (Wildman–Crippen MR) is 144 cm³/mol. The van der Waals surface area contributed by atoms with Crippen molar-refractivity contribution in [2.75, 3.05) is 0 Å². The summed E-state index contributed by atoms with van der Waals surface area (Å²) in [4.78, 5) is 25.6. The van der Waals surface area contributed by atoms with Crippen molar-refractivity contribution in [2.24, 2.45) is 0 Å². The fourth-order valence-electron chi connectivity index (χ4n) is 4.42. The molecule has 0 heterocycles. The minimum atomic E-state index is -0.560. The van der Waals surface area contributed by atoms with Gasteiger partial charge in [0, 0.05) is 18.9 Å². The molecular weight excluding hydrogens is 432 g/mol. The zero-order valence-electron chi connectivity index (χ0n) is 20.5. The fraction of sp³-hybridized carbons (Fsp3) is 0.355. The predicted octanol–water partition coefficient (Wildman–Crippen LogP) is 6.34. The molecular formula is C31H36N2O2. The minimum Gasteiger partial charge on any atom is -0.352 e. The van der Waals surface area contributed by atoms with E-state index in [-0.39, 0.29) is 17.9 Å². The van der Waals surface area contributed by atoms with E-state index in [2.05, 4.69) is 65.7 Å². The van der Waals surface area contributed by atoms with Gasteiger partial charge in [0.25, 0.3) is 0 Å². The van der Waals surface area contributed by atoms with E-state index in [0.29, 0.717) is 12.8 Å². The molecule has 1 aliphatic rings. The maximum Gasteiger partial charge on any atom is 0.243 e. The summed E-state index contributed by atoms with van der Waals surface area (Å²) in [6.07, 6.45) is 10.0. The van der Waals surface area contributed by atoms with Gasteiger partial charge in [0.05, 0.1) is 0 Å². The number of carbonyl (C=O) groups is 2. The lowest BCUT2D eigenvalue weighted by Gasteiger charge is -2.19. The van der Waals surface area contributed by atoms with E-state index in [1.807, 2.05) is 24.3 Å². The third-order valence-corrected chi connectivity index (χ3v) is 6.59. The van der Waals surface area contributed by atoms with Crippen LogP contribution in [-0.2, 0) is 16.0 Å². The van der Waals surface area contributed by atoms with Gasteiger partial charge in [0.15, 0.2) is 0 Å². The molecule has 0 radical (unpaired) electrons. The van der Waals surface area contributed by atoms with Crippen molar-refractivity contribution >= 4 is 22.6 Å². The SMILES string of the molecule is C=CCCCCCCC(=O)NC(Cc1cccc(-c2ccc3ccccc3c2)c1)C(=O)NC1CC1. The molecule has 182 valence electrons. The average molecular weight is 469 g/mol. The van der Waals surface area contributed by atoms with E-state index in [9.17, 15) is 9.59 Å². The summed E-state index contributed by atoms with van der Waals surface area (Å²) >= 11 is 0. The maximum atomic E-state index is 12.9. The van der Waals surface area contributed by atoms with E-state index in [0.717, 1.165) is 61.6 Å². The number of hydrogen-bond donors (Lipinski definition) is 2. The van der Waals surface area contributed by atoms with Crippen molar-refractivity contribution < 1.29 is 9.59 Å². The first-order valence-corrected chi connectivity index (χ1v) is 12.9. The van der Waals surface area contributed by atoms with E-state index >= 15 is 0 Å². The normalized spacial score (nSPS) is 13.8. The molecule has 0 aliphatic heterocycles. The van der Waals surface area contributed by atoms with E-state index in [1.54, 1.807) is 0 Å².